The second kappa shape index (κ2) is 9.91. The van der Waals surface area contributed by atoms with Gasteiger partial charge in [-0.1, -0.05) is 137 Å². The second-order valence-electron chi connectivity index (χ2n) is 14.8. The number of aryl methyl sites for hydroxylation is 4. The molecule has 0 radical (unpaired) electrons. The quantitative estimate of drug-likeness (QED) is 0.191. The Morgan fingerprint density at radius 3 is 1.00 bits per heavy atom. The van der Waals surface area contributed by atoms with Crippen LogP contribution in [0.2, 0.25) is 0 Å². The summed E-state index contributed by atoms with van der Waals surface area (Å²) >= 11 is 0. The Hall–Kier alpha value is -4.68. The first kappa shape index (κ1) is 28.8. The minimum Gasteiger partial charge on any atom is -0.0619 e. The van der Waals surface area contributed by atoms with E-state index in [-0.39, 0.29) is 10.8 Å². The van der Waals surface area contributed by atoms with Gasteiger partial charge in [-0.25, -0.2) is 0 Å². The van der Waals surface area contributed by atoms with Crippen molar-refractivity contribution in [3.8, 4) is 55.6 Å². The fraction of sp³-hybridized carbons (Fsp3) is 0.217. The van der Waals surface area contributed by atoms with E-state index in [0.29, 0.717) is 0 Å². The standard InChI is InChI=1S/C46H42/c1-27-23-31(24-28(2)41(27)35-17-13-21-39-43(35)33-15-9-11-19-37(33)45(39,5)6)32-25-29(3)42(30(4)26-32)36-18-14-22-40-44(36)34-16-10-12-20-38(34)46(40,7)8/h9-26H,1-8H3. The molecule has 0 amide bonds. The number of benzene rings is 6. The van der Waals surface area contributed by atoms with E-state index in [0.717, 1.165) is 0 Å². The molecule has 46 heavy (non-hydrogen) atoms. The zero-order valence-electron chi connectivity index (χ0n) is 28.4. The maximum Gasteiger partial charge on any atom is 0.0159 e. The van der Waals surface area contributed by atoms with Crippen molar-refractivity contribution in [1.29, 1.82) is 0 Å². The van der Waals surface area contributed by atoms with Gasteiger partial charge in [0.2, 0.25) is 0 Å². The molecule has 6 aromatic rings. The van der Waals surface area contributed by atoms with E-state index in [1.165, 1.54) is 100 Å². The highest BCUT2D eigenvalue weighted by Crippen LogP contribution is 2.54. The van der Waals surface area contributed by atoms with Gasteiger partial charge in [-0.3, -0.25) is 0 Å². The Labute approximate surface area is 274 Å². The molecular weight excluding hydrogens is 553 g/mol. The summed E-state index contributed by atoms with van der Waals surface area (Å²) in [4.78, 5) is 0. The van der Waals surface area contributed by atoms with Gasteiger partial charge in [0.05, 0.1) is 0 Å². The zero-order valence-corrected chi connectivity index (χ0v) is 28.4. The molecule has 0 atom stereocenters. The summed E-state index contributed by atoms with van der Waals surface area (Å²) in [5, 5.41) is 0. The summed E-state index contributed by atoms with van der Waals surface area (Å²) in [5.74, 6) is 0. The van der Waals surface area contributed by atoms with E-state index < -0.39 is 0 Å². The highest BCUT2D eigenvalue weighted by Gasteiger charge is 2.38. The normalized spacial score (nSPS) is 14.9. The third-order valence-electron chi connectivity index (χ3n) is 11.2. The first-order valence-corrected chi connectivity index (χ1v) is 16.7. The summed E-state index contributed by atoms with van der Waals surface area (Å²) in [6.07, 6.45) is 0. The maximum atomic E-state index is 2.40. The molecule has 0 aliphatic heterocycles. The average molecular weight is 595 g/mol. The molecule has 226 valence electrons. The van der Waals surface area contributed by atoms with Gasteiger partial charge in [-0.05, 0) is 128 Å². The molecule has 0 saturated heterocycles. The molecule has 0 heterocycles. The van der Waals surface area contributed by atoms with Gasteiger partial charge in [-0.15, -0.1) is 0 Å². The summed E-state index contributed by atoms with van der Waals surface area (Å²) in [7, 11) is 0. The van der Waals surface area contributed by atoms with Gasteiger partial charge < -0.3 is 0 Å². The van der Waals surface area contributed by atoms with Gasteiger partial charge in [0.1, 0.15) is 0 Å². The van der Waals surface area contributed by atoms with Crippen LogP contribution in [0.1, 0.15) is 72.2 Å². The Balaban J connectivity index is 1.24. The molecule has 0 bridgehead atoms. The summed E-state index contributed by atoms with van der Waals surface area (Å²) in [6, 6.07) is 41.4. The molecule has 0 heteroatoms. The van der Waals surface area contributed by atoms with Crippen LogP contribution in [0.15, 0.2) is 109 Å². The van der Waals surface area contributed by atoms with Crippen molar-refractivity contribution in [1.82, 2.24) is 0 Å². The molecule has 0 spiro atoms. The molecule has 8 rings (SSSR count). The van der Waals surface area contributed by atoms with Crippen molar-refractivity contribution in [2.24, 2.45) is 0 Å². The van der Waals surface area contributed by atoms with Crippen molar-refractivity contribution < 1.29 is 0 Å². The maximum absolute atomic E-state index is 2.40. The monoisotopic (exact) mass is 594 g/mol. The molecule has 2 aliphatic rings. The fourth-order valence-electron chi connectivity index (χ4n) is 9.04. The third kappa shape index (κ3) is 3.92. The van der Waals surface area contributed by atoms with Crippen molar-refractivity contribution in [2.75, 3.05) is 0 Å². The number of hydrogen-bond donors (Lipinski definition) is 0. The van der Waals surface area contributed by atoms with Crippen LogP contribution in [0.4, 0.5) is 0 Å². The SMILES string of the molecule is Cc1cc(-c2cc(C)c(-c3cccc4c3-c3ccccc3C4(C)C)c(C)c2)cc(C)c1-c1cccc2c1-c1ccccc1C2(C)C. The number of rotatable bonds is 3. The van der Waals surface area contributed by atoms with Gasteiger partial charge >= 0.3 is 0 Å². The van der Waals surface area contributed by atoms with Gasteiger partial charge in [-0.2, -0.15) is 0 Å². The third-order valence-corrected chi connectivity index (χ3v) is 11.2. The second-order valence-corrected chi connectivity index (χ2v) is 14.8. The molecule has 0 saturated carbocycles. The lowest BCUT2D eigenvalue weighted by Gasteiger charge is -2.22. The lowest BCUT2D eigenvalue weighted by Crippen LogP contribution is -2.14. The largest absolute Gasteiger partial charge is 0.0619 e. The van der Waals surface area contributed by atoms with Crippen LogP contribution in [0.3, 0.4) is 0 Å². The van der Waals surface area contributed by atoms with Crippen molar-refractivity contribution >= 4 is 0 Å². The van der Waals surface area contributed by atoms with Crippen LogP contribution in [0, 0.1) is 27.7 Å². The molecule has 0 aromatic heterocycles. The highest BCUT2D eigenvalue weighted by molar-refractivity contribution is 5.96. The van der Waals surface area contributed by atoms with E-state index in [9.17, 15) is 0 Å². The molecule has 2 aliphatic carbocycles. The lowest BCUT2D eigenvalue weighted by atomic mass is 9.81. The summed E-state index contributed by atoms with van der Waals surface area (Å²) < 4.78 is 0. The Morgan fingerprint density at radius 1 is 0.326 bits per heavy atom. The molecule has 6 aromatic carbocycles. The van der Waals surface area contributed by atoms with Crippen LogP contribution in [0.5, 0.6) is 0 Å². The average Bonchev–Trinajstić information content (AvgIpc) is 3.41. The number of hydrogen-bond acceptors (Lipinski definition) is 0. The van der Waals surface area contributed by atoms with E-state index in [4.69, 9.17) is 0 Å². The smallest absolute Gasteiger partial charge is 0.0159 e. The fourth-order valence-corrected chi connectivity index (χ4v) is 9.04. The minimum absolute atomic E-state index is 0.00279. The Kier molecular flexibility index (Phi) is 6.20. The van der Waals surface area contributed by atoms with Crippen molar-refractivity contribution in [2.45, 2.75) is 66.2 Å². The van der Waals surface area contributed by atoms with Crippen molar-refractivity contribution in [3.05, 3.63) is 154 Å². The summed E-state index contributed by atoms with van der Waals surface area (Å²) in [5.41, 5.74) is 24.5. The van der Waals surface area contributed by atoms with Gasteiger partial charge in [0.25, 0.3) is 0 Å². The molecule has 0 unspecified atom stereocenters. The van der Waals surface area contributed by atoms with E-state index in [1.54, 1.807) is 0 Å². The zero-order chi connectivity index (χ0) is 32.1. The molecule has 0 nitrogen and oxygen atoms in total. The van der Waals surface area contributed by atoms with Crippen LogP contribution in [-0.2, 0) is 10.8 Å². The topological polar surface area (TPSA) is 0 Å². The highest BCUT2D eigenvalue weighted by atomic mass is 14.4. The van der Waals surface area contributed by atoms with Crippen LogP contribution in [0.25, 0.3) is 55.6 Å². The first-order valence-electron chi connectivity index (χ1n) is 16.7. The lowest BCUT2D eigenvalue weighted by molar-refractivity contribution is 0.660. The van der Waals surface area contributed by atoms with Gasteiger partial charge in [0, 0.05) is 10.8 Å². The Bertz CT molecular complexity index is 2030. The number of fused-ring (bicyclic) bond motifs is 6. The van der Waals surface area contributed by atoms with Gasteiger partial charge in [0.15, 0.2) is 0 Å². The van der Waals surface area contributed by atoms with E-state index in [2.05, 4.69) is 165 Å². The molecular formula is C46H42. The minimum atomic E-state index is -0.00279. The van der Waals surface area contributed by atoms with Crippen LogP contribution in [-0.4, -0.2) is 0 Å². The Morgan fingerprint density at radius 2 is 0.630 bits per heavy atom. The predicted octanol–water partition coefficient (Wildman–Crippen LogP) is 12.5. The predicted molar refractivity (Wildman–Crippen MR) is 197 cm³/mol. The first-order chi connectivity index (χ1) is 22.0. The molecule has 0 N–H and O–H groups in total. The van der Waals surface area contributed by atoms with Crippen LogP contribution < -0.4 is 0 Å². The van der Waals surface area contributed by atoms with Crippen LogP contribution >= 0.6 is 0 Å². The van der Waals surface area contributed by atoms with Crippen molar-refractivity contribution in [3.63, 3.8) is 0 Å². The van der Waals surface area contributed by atoms with E-state index >= 15 is 0 Å². The molecule has 0 fully saturated rings. The van der Waals surface area contributed by atoms with E-state index in [1.807, 2.05) is 0 Å². The summed E-state index contributed by atoms with van der Waals surface area (Å²) in [6.45, 7) is 18.6.